The van der Waals surface area contributed by atoms with Gasteiger partial charge in [0, 0.05) is 24.3 Å². The highest BCUT2D eigenvalue weighted by molar-refractivity contribution is 7.88. The lowest BCUT2D eigenvalue weighted by molar-refractivity contribution is -0.120. The van der Waals surface area contributed by atoms with Crippen LogP contribution >= 0.6 is 0 Å². The fraction of sp³-hybridized carbons (Fsp3) is 0.333. The average Bonchev–Trinajstić information content (AvgIpc) is 2.70. The lowest BCUT2D eigenvalue weighted by Crippen LogP contribution is -2.44. The van der Waals surface area contributed by atoms with E-state index in [-0.39, 0.29) is 24.0 Å². The molecule has 154 valence electrons. The van der Waals surface area contributed by atoms with Gasteiger partial charge in [-0.2, -0.15) is 0 Å². The molecular weight excluding hydrogens is 395 g/mol. The smallest absolute Gasteiger partial charge is 0.228 e. The third-order valence-electron chi connectivity index (χ3n) is 4.95. The number of carbonyl (C=O) groups is 2. The molecule has 1 fully saturated rings. The minimum absolute atomic E-state index is 0.0990. The number of piperidine rings is 1. The highest BCUT2D eigenvalue weighted by atomic mass is 32.2. The van der Waals surface area contributed by atoms with Crippen LogP contribution in [0.3, 0.4) is 0 Å². The zero-order chi connectivity index (χ0) is 21.0. The van der Waals surface area contributed by atoms with Crippen molar-refractivity contribution in [3.63, 3.8) is 0 Å². The number of hydrogen-bond acceptors (Lipinski definition) is 4. The number of Topliss-reactive ketones (excluding diaryl/α,β-unsaturated/α-hetero) is 1. The van der Waals surface area contributed by atoms with Gasteiger partial charge in [-0.1, -0.05) is 24.3 Å². The molecule has 29 heavy (non-hydrogen) atoms. The second-order valence-electron chi connectivity index (χ2n) is 7.21. The van der Waals surface area contributed by atoms with Crippen molar-refractivity contribution in [1.82, 2.24) is 4.31 Å². The molecule has 0 spiro atoms. The van der Waals surface area contributed by atoms with Gasteiger partial charge in [0.2, 0.25) is 15.9 Å². The maximum Gasteiger partial charge on any atom is 0.228 e. The van der Waals surface area contributed by atoms with Gasteiger partial charge in [-0.15, -0.1) is 0 Å². The van der Waals surface area contributed by atoms with Gasteiger partial charge in [0.05, 0.1) is 11.7 Å². The molecule has 1 heterocycles. The fourth-order valence-corrected chi connectivity index (χ4v) is 4.96. The Bertz CT molecular complexity index is 1010. The van der Waals surface area contributed by atoms with Gasteiger partial charge in [0.1, 0.15) is 5.82 Å². The van der Waals surface area contributed by atoms with E-state index in [9.17, 15) is 22.4 Å². The van der Waals surface area contributed by atoms with Gasteiger partial charge < -0.3 is 5.32 Å². The van der Waals surface area contributed by atoms with Crippen LogP contribution in [0.1, 0.15) is 35.7 Å². The van der Waals surface area contributed by atoms with Gasteiger partial charge in [-0.05, 0) is 49.6 Å². The second kappa shape index (κ2) is 8.84. The fourth-order valence-electron chi connectivity index (χ4n) is 3.35. The number of halogens is 1. The monoisotopic (exact) mass is 418 g/mol. The molecule has 0 bridgehead atoms. The van der Waals surface area contributed by atoms with E-state index in [1.807, 2.05) is 0 Å². The number of sulfonamides is 1. The number of ketones is 1. The molecule has 3 rings (SSSR count). The lowest BCUT2D eigenvalue weighted by atomic mass is 9.98. The van der Waals surface area contributed by atoms with E-state index in [0.29, 0.717) is 36.2 Å². The number of hydrogen-bond donors (Lipinski definition) is 1. The number of nitrogens with zero attached hydrogens (tertiary/aromatic N) is 1. The molecule has 1 N–H and O–H groups in total. The number of anilines is 1. The Labute approximate surface area is 169 Å². The van der Waals surface area contributed by atoms with E-state index in [1.165, 1.54) is 35.5 Å². The topological polar surface area (TPSA) is 83.6 Å². The number of nitrogens with one attached hydrogen (secondary N) is 1. The molecule has 1 aliphatic rings. The predicted octanol–water partition coefficient (Wildman–Crippen LogP) is 3.21. The van der Waals surface area contributed by atoms with Crippen LogP contribution in [0.2, 0.25) is 0 Å². The quantitative estimate of drug-likeness (QED) is 0.730. The first-order chi connectivity index (χ1) is 13.7. The Balaban J connectivity index is 1.66. The van der Waals surface area contributed by atoms with Crippen LogP contribution in [-0.2, 0) is 20.6 Å². The Kier molecular flexibility index (Phi) is 6.44. The molecule has 8 heteroatoms. The second-order valence-corrected chi connectivity index (χ2v) is 9.17. The highest BCUT2D eigenvalue weighted by Gasteiger charge is 2.32. The van der Waals surface area contributed by atoms with Gasteiger partial charge in [0.15, 0.2) is 5.78 Å². The van der Waals surface area contributed by atoms with Crippen molar-refractivity contribution < 1.29 is 22.4 Å². The molecule has 1 saturated heterocycles. The molecule has 0 saturated carbocycles. The van der Waals surface area contributed by atoms with Crippen LogP contribution < -0.4 is 5.32 Å². The third kappa shape index (κ3) is 5.48. The molecule has 0 aliphatic carbocycles. The lowest BCUT2D eigenvalue weighted by Gasteiger charge is -2.31. The SMILES string of the molecule is CC(=O)c1cccc(NC(=O)C2CCCN(S(=O)(=O)Cc3ccc(F)cc3)C2)c1. The van der Waals surface area contributed by atoms with Crippen molar-refractivity contribution in [2.24, 2.45) is 5.92 Å². The zero-order valence-corrected chi connectivity index (χ0v) is 16.9. The van der Waals surface area contributed by atoms with Crippen molar-refractivity contribution >= 4 is 27.4 Å². The van der Waals surface area contributed by atoms with Crippen molar-refractivity contribution in [3.8, 4) is 0 Å². The summed E-state index contributed by atoms with van der Waals surface area (Å²) in [5.74, 6) is -1.51. The minimum Gasteiger partial charge on any atom is -0.326 e. The van der Waals surface area contributed by atoms with E-state index >= 15 is 0 Å². The van der Waals surface area contributed by atoms with E-state index in [2.05, 4.69) is 5.32 Å². The zero-order valence-electron chi connectivity index (χ0n) is 16.1. The number of carbonyl (C=O) groups excluding carboxylic acids is 2. The maximum atomic E-state index is 13.0. The van der Waals surface area contributed by atoms with E-state index in [0.717, 1.165) is 0 Å². The Morgan fingerprint density at radius 3 is 2.59 bits per heavy atom. The minimum atomic E-state index is -3.62. The summed E-state index contributed by atoms with van der Waals surface area (Å²) in [6, 6.07) is 12.0. The van der Waals surface area contributed by atoms with Gasteiger partial charge in [0.25, 0.3) is 0 Å². The summed E-state index contributed by atoms with van der Waals surface area (Å²) >= 11 is 0. The Morgan fingerprint density at radius 1 is 1.17 bits per heavy atom. The maximum absolute atomic E-state index is 13.0. The summed E-state index contributed by atoms with van der Waals surface area (Å²) < 4.78 is 39.9. The predicted molar refractivity (Wildman–Crippen MR) is 108 cm³/mol. The highest BCUT2D eigenvalue weighted by Crippen LogP contribution is 2.23. The summed E-state index contributed by atoms with van der Waals surface area (Å²) in [6.45, 7) is 1.90. The number of benzene rings is 2. The summed E-state index contributed by atoms with van der Waals surface area (Å²) in [5, 5.41) is 2.78. The van der Waals surface area contributed by atoms with Crippen molar-refractivity contribution in [2.45, 2.75) is 25.5 Å². The molecule has 6 nitrogen and oxygen atoms in total. The van der Waals surface area contributed by atoms with Gasteiger partial charge in [-0.3, -0.25) is 9.59 Å². The number of rotatable bonds is 6. The first-order valence-electron chi connectivity index (χ1n) is 9.39. The molecule has 1 aliphatic heterocycles. The van der Waals surface area contributed by atoms with Crippen LogP contribution in [-0.4, -0.2) is 37.5 Å². The van der Waals surface area contributed by atoms with Crippen LogP contribution in [0.5, 0.6) is 0 Å². The van der Waals surface area contributed by atoms with Gasteiger partial charge >= 0.3 is 0 Å². The van der Waals surface area contributed by atoms with Crippen molar-refractivity contribution in [2.75, 3.05) is 18.4 Å². The first kappa shape index (κ1) is 21.1. The summed E-state index contributed by atoms with van der Waals surface area (Å²) in [6.07, 6.45) is 1.16. The van der Waals surface area contributed by atoms with Gasteiger partial charge in [-0.25, -0.2) is 17.1 Å². The standard InChI is InChI=1S/C21H23FN2O4S/c1-15(25)17-4-2-6-20(12-17)23-21(26)18-5-3-11-24(13-18)29(27,28)14-16-7-9-19(22)10-8-16/h2,4,6-10,12,18H,3,5,11,13-14H2,1H3,(H,23,26). The molecular formula is C21H23FN2O4S. The molecule has 1 atom stereocenters. The Hall–Kier alpha value is -2.58. The van der Waals surface area contributed by atoms with Crippen molar-refractivity contribution in [1.29, 1.82) is 0 Å². The molecule has 1 amide bonds. The molecule has 0 aromatic heterocycles. The summed E-state index contributed by atoms with van der Waals surface area (Å²) in [4.78, 5) is 24.2. The summed E-state index contributed by atoms with van der Waals surface area (Å²) in [7, 11) is -3.62. The average molecular weight is 418 g/mol. The first-order valence-corrected chi connectivity index (χ1v) is 11.0. The van der Waals surface area contributed by atoms with Crippen LogP contribution in [0.15, 0.2) is 48.5 Å². The summed E-state index contributed by atoms with van der Waals surface area (Å²) in [5.41, 5.74) is 1.50. The van der Waals surface area contributed by atoms with E-state index < -0.39 is 21.8 Å². The molecule has 2 aromatic carbocycles. The van der Waals surface area contributed by atoms with Crippen LogP contribution in [0, 0.1) is 11.7 Å². The number of amides is 1. The van der Waals surface area contributed by atoms with Crippen molar-refractivity contribution in [3.05, 3.63) is 65.5 Å². The molecule has 2 aromatic rings. The van der Waals surface area contributed by atoms with Crippen LogP contribution in [0.4, 0.5) is 10.1 Å². The van der Waals surface area contributed by atoms with E-state index in [4.69, 9.17) is 0 Å². The largest absolute Gasteiger partial charge is 0.326 e. The molecule has 0 radical (unpaired) electrons. The Morgan fingerprint density at radius 2 is 1.90 bits per heavy atom. The molecule has 1 unspecified atom stereocenters. The van der Waals surface area contributed by atoms with Crippen LogP contribution in [0.25, 0.3) is 0 Å². The van der Waals surface area contributed by atoms with E-state index in [1.54, 1.807) is 24.3 Å². The normalized spacial score (nSPS) is 17.7. The third-order valence-corrected chi connectivity index (χ3v) is 6.76.